The summed E-state index contributed by atoms with van der Waals surface area (Å²) in [6, 6.07) is 15.5. The molecule has 214 valence electrons. The number of aliphatic hydroxyl groups excluding tert-OH is 1. The highest BCUT2D eigenvalue weighted by Crippen LogP contribution is 2.41. The van der Waals surface area contributed by atoms with E-state index in [2.05, 4.69) is 36.0 Å². The van der Waals surface area contributed by atoms with Gasteiger partial charge in [0.1, 0.15) is 11.9 Å². The first-order chi connectivity index (χ1) is 19.6. The number of pyridine rings is 1. The Morgan fingerprint density at radius 2 is 1.93 bits per heavy atom. The van der Waals surface area contributed by atoms with Gasteiger partial charge in [-0.25, -0.2) is 4.39 Å². The van der Waals surface area contributed by atoms with Crippen LogP contribution in [0.15, 0.2) is 60.8 Å². The lowest BCUT2D eigenvalue weighted by molar-refractivity contribution is -0.120. The van der Waals surface area contributed by atoms with Crippen LogP contribution >= 0.6 is 0 Å². The number of hydrogen-bond acceptors (Lipinski definition) is 6. The summed E-state index contributed by atoms with van der Waals surface area (Å²) < 4.78 is 13.4. The summed E-state index contributed by atoms with van der Waals surface area (Å²) in [6.45, 7) is 9.43. The average Bonchev–Trinajstić information content (AvgIpc) is 3.42. The number of aliphatic hydroxyl groups is 1. The molecule has 0 unspecified atom stereocenters. The van der Waals surface area contributed by atoms with Crippen molar-refractivity contribution in [3.8, 4) is 0 Å². The summed E-state index contributed by atoms with van der Waals surface area (Å²) in [4.78, 5) is 37.5. The second kappa shape index (κ2) is 10.6. The molecule has 1 fully saturated rings. The van der Waals surface area contributed by atoms with Crippen molar-refractivity contribution in [3.05, 3.63) is 94.6 Å². The highest BCUT2D eigenvalue weighted by molar-refractivity contribution is 5.98. The topological polar surface area (TPSA) is 89.0 Å². The van der Waals surface area contributed by atoms with Crippen LogP contribution in [0.3, 0.4) is 0 Å². The number of nitrogens with one attached hydrogen (secondary N) is 1. The number of anilines is 1. The van der Waals surface area contributed by atoms with E-state index in [4.69, 9.17) is 0 Å². The van der Waals surface area contributed by atoms with Crippen LogP contribution in [0.2, 0.25) is 0 Å². The number of rotatable bonds is 6. The molecule has 1 saturated heterocycles. The molecule has 0 saturated carbocycles. The monoisotopic (exact) mass is 557 g/mol. The lowest BCUT2D eigenvalue weighted by atomic mass is 9.90. The maximum absolute atomic E-state index is 13.9. The third-order valence-corrected chi connectivity index (χ3v) is 8.57. The predicted octanol–water partition coefficient (Wildman–Crippen LogP) is 3.24. The zero-order chi connectivity index (χ0) is 28.9. The van der Waals surface area contributed by atoms with Gasteiger partial charge in [-0.2, -0.15) is 0 Å². The predicted molar refractivity (Wildman–Crippen MR) is 154 cm³/mol. The molecule has 41 heavy (non-hydrogen) atoms. The number of nitrogens with zero attached hydrogens (tertiary/aromatic N) is 4. The van der Waals surface area contributed by atoms with E-state index in [1.165, 1.54) is 12.1 Å². The fraction of sp³-hybridized carbons (Fsp3) is 0.406. The Hall–Kier alpha value is -3.66. The van der Waals surface area contributed by atoms with Gasteiger partial charge in [-0.05, 0) is 42.3 Å². The molecule has 2 N–H and O–H groups in total. The third-order valence-electron chi connectivity index (χ3n) is 8.57. The van der Waals surface area contributed by atoms with Gasteiger partial charge in [-0.1, -0.05) is 44.2 Å². The molecular formula is C32H36FN5O3. The molecule has 1 aromatic heterocycles. The van der Waals surface area contributed by atoms with Gasteiger partial charge in [0.2, 0.25) is 5.91 Å². The molecule has 8 nitrogen and oxygen atoms in total. The Labute approximate surface area is 239 Å². The first-order valence-electron chi connectivity index (χ1n) is 14.2. The molecule has 3 aromatic rings. The molecule has 0 aliphatic carbocycles. The minimum atomic E-state index is -0.991. The van der Waals surface area contributed by atoms with Crippen LogP contribution in [0.1, 0.15) is 59.6 Å². The minimum absolute atomic E-state index is 0.00625. The van der Waals surface area contributed by atoms with Gasteiger partial charge in [0.25, 0.3) is 5.91 Å². The second-order valence-corrected chi connectivity index (χ2v) is 12.2. The first-order valence-corrected chi connectivity index (χ1v) is 14.2. The minimum Gasteiger partial charge on any atom is -0.384 e. The maximum atomic E-state index is 13.9. The van der Waals surface area contributed by atoms with Crippen molar-refractivity contribution in [3.63, 3.8) is 0 Å². The molecule has 3 aliphatic rings. The highest BCUT2D eigenvalue weighted by atomic mass is 19.1. The zero-order valence-corrected chi connectivity index (χ0v) is 23.7. The molecule has 4 heterocycles. The molecule has 2 amide bonds. The van der Waals surface area contributed by atoms with Crippen LogP contribution in [0.4, 0.5) is 10.1 Å². The Balaban J connectivity index is 1.21. The summed E-state index contributed by atoms with van der Waals surface area (Å²) >= 11 is 0. The van der Waals surface area contributed by atoms with Crippen LogP contribution in [0, 0.1) is 5.82 Å². The second-order valence-electron chi connectivity index (χ2n) is 12.2. The van der Waals surface area contributed by atoms with Crippen molar-refractivity contribution in [1.29, 1.82) is 0 Å². The van der Waals surface area contributed by atoms with E-state index < -0.39 is 6.10 Å². The molecule has 9 heteroatoms. The van der Waals surface area contributed by atoms with Crippen molar-refractivity contribution in [1.82, 2.24) is 20.1 Å². The Kier molecular flexibility index (Phi) is 7.13. The van der Waals surface area contributed by atoms with Crippen LogP contribution in [0.5, 0.6) is 0 Å². The lowest BCUT2D eigenvalue weighted by Crippen LogP contribution is -2.60. The van der Waals surface area contributed by atoms with Gasteiger partial charge in [-0.3, -0.25) is 19.5 Å². The van der Waals surface area contributed by atoms with E-state index in [0.29, 0.717) is 49.5 Å². The van der Waals surface area contributed by atoms with Crippen LogP contribution < -0.4 is 10.2 Å². The molecular weight excluding hydrogens is 521 g/mol. The summed E-state index contributed by atoms with van der Waals surface area (Å²) in [5.74, 6) is -0.369. The molecule has 0 radical (unpaired) electrons. The molecule has 0 spiro atoms. The highest BCUT2D eigenvalue weighted by Gasteiger charge is 2.41. The van der Waals surface area contributed by atoms with Crippen molar-refractivity contribution < 1.29 is 19.1 Å². The summed E-state index contributed by atoms with van der Waals surface area (Å²) in [6.07, 6.45) is 0.649. The number of carbonyl (C=O) groups excluding carboxylic acids is 2. The summed E-state index contributed by atoms with van der Waals surface area (Å²) in [5, 5.41) is 14.5. The third kappa shape index (κ3) is 5.25. The van der Waals surface area contributed by atoms with E-state index >= 15 is 0 Å². The van der Waals surface area contributed by atoms with Crippen LogP contribution in [-0.4, -0.2) is 76.5 Å². The Bertz CT molecular complexity index is 1480. The number of piperazine rings is 1. The van der Waals surface area contributed by atoms with Crippen LogP contribution in [0.25, 0.3) is 0 Å². The van der Waals surface area contributed by atoms with Crippen molar-refractivity contribution in [2.24, 2.45) is 0 Å². The summed E-state index contributed by atoms with van der Waals surface area (Å²) in [7, 11) is 0. The van der Waals surface area contributed by atoms with E-state index in [9.17, 15) is 19.1 Å². The number of amides is 2. The van der Waals surface area contributed by atoms with Crippen LogP contribution in [-0.2, 0) is 16.8 Å². The Morgan fingerprint density at radius 3 is 2.68 bits per heavy atom. The van der Waals surface area contributed by atoms with E-state index in [0.717, 1.165) is 16.8 Å². The lowest BCUT2D eigenvalue weighted by Gasteiger charge is -2.41. The van der Waals surface area contributed by atoms with Crippen molar-refractivity contribution in [2.45, 2.75) is 50.9 Å². The number of halogens is 1. The molecule has 0 bridgehead atoms. The zero-order valence-electron chi connectivity index (χ0n) is 23.7. The Morgan fingerprint density at radius 1 is 1.17 bits per heavy atom. The van der Waals surface area contributed by atoms with Gasteiger partial charge < -0.3 is 20.2 Å². The molecule has 2 aromatic carbocycles. The smallest absolute Gasteiger partial charge is 0.254 e. The van der Waals surface area contributed by atoms with Crippen molar-refractivity contribution in [2.75, 3.05) is 37.6 Å². The average molecular weight is 558 g/mol. The van der Waals surface area contributed by atoms with E-state index in [1.54, 1.807) is 23.2 Å². The quantitative estimate of drug-likeness (QED) is 0.484. The largest absolute Gasteiger partial charge is 0.384 e. The number of fused-ring (bicyclic) bond motifs is 2. The van der Waals surface area contributed by atoms with Gasteiger partial charge >= 0.3 is 0 Å². The number of aromatic nitrogens is 1. The van der Waals surface area contributed by atoms with E-state index in [1.807, 2.05) is 35.2 Å². The number of carbonyl (C=O) groups is 2. The molecule has 6 rings (SSSR count). The van der Waals surface area contributed by atoms with E-state index in [-0.39, 0.29) is 41.7 Å². The first kappa shape index (κ1) is 27.5. The van der Waals surface area contributed by atoms with Gasteiger partial charge in [0.15, 0.2) is 0 Å². The molecule has 3 atom stereocenters. The van der Waals surface area contributed by atoms with Gasteiger partial charge in [0.05, 0.1) is 17.9 Å². The van der Waals surface area contributed by atoms with Crippen molar-refractivity contribution >= 4 is 17.5 Å². The molecule has 3 aliphatic heterocycles. The standard InChI is InChI=1S/C32H36FN5O3/c1-20-15-36(25(14-34-20)17-37-16-22-6-4-5-7-26(22)31(37)41)18-28(39)38-19-32(2,3)30-27(38)12-23(13-35-30)29(40)21-8-10-24(33)11-9-21/h4-13,20,25,29,34,40H,14-19H2,1-3H3/t20-,25-,29+/m1/s1. The SMILES string of the molecule is C[C@@H]1CN(CC(=O)N2CC(C)(C)c3ncc([C@@H](O)c4ccc(F)cc4)cc32)[C@@H](CN2Cc3ccccc3C2=O)CN1. The number of hydrogen-bond donors (Lipinski definition) is 2. The van der Waals surface area contributed by atoms with Gasteiger partial charge in [0, 0.05) is 67.5 Å². The normalized spacial score (nSPS) is 22.5. The fourth-order valence-electron chi connectivity index (χ4n) is 6.34. The maximum Gasteiger partial charge on any atom is 0.254 e. The van der Waals surface area contributed by atoms with Gasteiger partial charge in [-0.15, -0.1) is 0 Å². The fourth-order valence-corrected chi connectivity index (χ4v) is 6.34. The number of benzene rings is 2. The summed E-state index contributed by atoms with van der Waals surface area (Å²) in [5.41, 5.74) is 4.06.